The Hall–Kier alpha value is -0.530. The average Bonchev–Trinajstić information content (AvgIpc) is 2.62. The van der Waals surface area contributed by atoms with E-state index in [1.165, 1.54) is 6.42 Å². The van der Waals surface area contributed by atoms with Crippen molar-refractivity contribution in [2.75, 3.05) is 0 Å². The molecule has 0 amide bonds. The molecular weight excluding hydrogens is 182 g/mol. The third-order valence-electron chi connectivity index (χ3n) is 3.52. The summed E-state index contributed by atoms with van der Waals surface area (Å²) in [5.74, 6) is 1.78. The van der Waals surface area contributed by atoms with Gasteiger partial charge in [-0.1, -0.05) is 0 Å². The second kappa shape index (κ2) is 3.32. The number of ketones is 1. The van der Waals surface area contributed by atoms with Gasteiger partial charge in [0.05, 0.1) is 11.2 Å². The molecule has 2 saturated carbocycles. The highest BCUT2D eigenvalue weighted by molar-refractivity contribution is 7.78. The average molecular weight is 195 g/mol. The number of hydrogen-bond acceptors (Lipinski definition) is 3. The van der Waals surface area contributed by atoms with E-state index in [4.69, 9.17) is 0 Å². The molecule has 2 fully saturated rings. The van der Waals surface area contributed by atoms with Crippen LogP contribution in [0.1, 0.15) is 26.2 Å². The number of isothiocyanates is 1. The van der Waals surface area contributed by atoms with Crippen molar-refractivity contribution in [2.24, 2.45) is 22.7 Å². The molecule has 0 heterocycles. The monoisotopic (exact) mass is 195 g/mol. The topological polar surface area (TPSA) is 29.4 Å². The lowest BCUT2D eigenvalue weighted by atomic mass is 9.83. The van der Waals surface area contributed by atoms with E-state index in [2.05, 4.69) is 22.4 Å². The van der Waals surface area contributed by atoms with E-state index in [1.54, 1.807) is 6.92 Å². The number of carbonyl (C=O) groups excluding carboxylic acids is 1. The van der Waals surface area contributed by atoms with Crippen LogP contribution in [-0.2, 0) is 4.79 Å². The van der Waals surface area contributed by atoms with E-state index < -0.39 is 0 Å². The number of nitrogens with zero attached hydrogens (tertiary/aromatic N) is 1. The van der Waals surface area contributed by atoms with E-state index in [0.29, 0.717) is 17.7 Å². The highest BCUT2D eigenvalue weighted by atomic mass is 32.1. The van der Waals surface area contributed by atoms with Crippen LogP contribution in [0.3, 0.4) is 0 Å². The smallest absolute Gasteiger partial charge is 0.133 e. The maximum atomic E-state index is 11.3. The molecule has 0 saturated heterocycles. The van der Waals surface area contributed by atoms with Gasteiger partial charge in [0.25, 0.3) is 0 Å². The molecule has 2 bridgehead atoms. The molecule has 0 radical (unpaired) electrons. The van der Waals surface area contributed by atoms with Gasteiger partial charge in [-0.2, -0.15) is 0 Å². The molecule has 0 unspecified atom stereocenters. The number of fused-ring (bicyclic) bond motifs is 2. The van der Waals surface area contributed by atoms with Gasteiger partial charge in [0.2, 0.25) is 0 Å². The molecule has 0 aromatic carbocycles. The molecule has 0 aromatic rings. The van der Waals surface area contributed by atoms with Gasteiger partial charge in [-0.05, 0) is 50.2 Å². The zero-order chi connectivity index (χ0) is 9.42. The number of Topliss-reactive ketones (excluding diaryl/α,β-unsaturated/α-hetero) is 1. The largest absolute Gasteiger partial charge is 0.300 e. The van der Waals surface area contributed by atoms with E-state index in [9.17, 15) is 4.79 Å². The zero-order valence-electron chi connectivity index (χ0n) is 7.69. The zero-order valence-corrected chi connectivity index (χ0v) is 8.51. The van der Waals surface area contributed by atoms with Crippen LogP contribution in [0.2, 0.25) is 0 Å². The standard InChI is InChI=1S/C10H13NOS/c1-6(12)8-2-7-3-9(8)10(4-7)11-5-13/h7-10H,2-4H2,1H3/t7-,8-,9-,10+/m1/s1. The van der Waals surface area contributed by atoms with Crippen molar-refractivity contribution in [3.8, 4) is 0 Å². The third kappa shape index (κ3) is 1.47. The van der Waals surface area contributed by atoms with Gasteiger partial charge in [-0.3, -0.25) is 4.79 Å². The first kappa shape index (κ1) is 9.04. The highest BCUT2D eigenvalue weighted by Gasteiger charge is 2.47. The molecule has 2 aliphatic rings. The van der Waals surface area contributed by atoms with Gasteiger partial charge in [-0.15, -0.1) is 0 Å². The van der Waals surface area contributed by atoms with Gasteiger partial charge >= 0.3 is 0 Å². The van der Waals surface area contributed by atoms with Crippen molar-refractivity contribution in [1.29, 1.82) is 0 Å². The van der Waals surface area contributed by atoms with E-state index >= 15 is 0 Å². The lowest BCUT2D eigenvalue weighted by Crippen LogP contribution is -2.27. The molecule has 0 aromatic heterocycles. The molecule has 2 rings (SSSR count). The Morgan fingerprint density at radius 3 is 2.77 bits per heavy atom. The van der Waals surface area contributed by atoms with Crippen LogP contribution in [0.25, 0.3) is 0 Å². The number of aliphatic imine (C=N–C) groups is 1. The third-order valence-corrected chi connectivity index (χ3v) is 3.62. The molecule has 70 valence electrons. The number of hydrogen-bond donors (Lipinski definition) is 0. The first-order valence-electron chi connectivity index (χ1n) is 4.79. The molecule has 13 heavy (non-hydrogen) atoms. The summed E-state index contributed by atoms with van der Waals surface area (Å²) >= 11 is 4.61. The Morgan fingerprint density at radius 1 is 1.46 bits per heavy atom. The fourth-order valence-corrected chi connectivity index (χ4v) is 3.13. The first-order valence-corrected chi connectivity index (χ1v) is 5.20. The Balaban J connectivity index is 2.14. The van der Waals surface area contributed by atoms with Gasteiger partial charge in [-0.25, -0.2) is 4.99 Å². The Labute approximate surface area is 83.4 Å². The van der Waals surface area contributed by atoms with Crippen molar-refractivity contribution >= 4 is 23.2 Å². The quantitative estimate of drug-likeness (QED) is 0.499. The van der Waals surface area contributed by atoms with Crippen molar-refractivity contribution in [2.45, 2.75) is 32.2 Å². The van der Waals surface area contributed by atoms with Crippen molar-refractivity contribution in [1.82, 2.24) is 0 Å². The summed E-state index contributed by atoms with van der Waals surface area (Å²) in [6, 6.07) is 0.296. The van der Waals surface area contributed by atoms with Crippen molar-refractivity contribution in [3.05, 3.63) is 0 Å². The Kier molecular flexibility index (Phi) is 2.31. The molecule has 0 spiro atoms. The van der Waals surface area contributed by atoms with E-state index in [1.807, 2.05) is 0 Å². The molecule has 0 N–H and O–H groups in total. The molecule has 0 aliphatic heterocycles. The fourth-order valence-electron chi connectivity index (χ4n) is 3.00. The van der Waals surface area contributed by atoms with Crippen LogP contribution in [0.5, 0.6) is 0 Å². The summed E-state index contributed by atoms with van der Waals surface area (Å²) in [5.41, 5.74) is 0. The number of rotatable bonds is 2. The van der Waals surface area contributed by atoms with Gasteiger partial charge < -0.3 is 0 Å². The van der Waals surface area contributed by atoms with Crippen LogP contribution >= 0.6 is 12.2 Å². The highest BCUT2D eigenvalue weighted by Crippen LogP contribution is 2.49. The van der Waals surface area contributed by atoms with Crippen LogP contribution in [-0.4, -0.2) is 17.0 Å². The molecule has 4 atom stereocenters. The summed E-state index contributed by atoms with van der Waals surface area (Å²) < 4.78 is 0. The second-order valence-electron chi connectivity index (χ2n) is 4.24. The maximum Gasteiger partial charge on any atom is 0.133 e. The lowest BCUT2D eigenvalue weighted by Gasteiger charge is -2.23. The molecular formula is C10H13NOS. The maximum absolute atomic E-state index is 11.3. The van der Waals surface area contributed by atoms with Crippen molar-refractivity contribution in [3.63, 3.8) is 0 Å². The van der Waals surface area contributed by atoms with E-state index in [0.717, 1.165) is 18.8 Å². The van der Waals surface area contributed by atoms with Crippen LogP contribution in [0, 0.1) is 17.8 Å². The van der Waals surface area contributed by atoms with Gasteiger partial charge in [0.1, 0.15) is 5.78 Å². The normalized spacial score (nSPS) is 41.6. The number of thiocarbonyl (C=S) groups is 1. The van der Waals surface area contributed by atoms with Crippen molar-refractivity contribution < 1.29 is 4.79 Å². The molecule has 3 heteroatoms. The second-order valence-corrected chi connectivity index (χ2v) is 4.42. The van der Waals surface area contributed by atoms with Crippen LogP contribution in [0.15, 0.2) is 4.99 Å². The summed E-state index contributed by atoms with van der Waals surface area (Å²) in [4.78, 5) is 15.4. The minimum Gasteiger partial charge on any atom is -0.300 e. The van der Waals surface area contributed by atoms with E-state index in [-0.39, 0.29) is 5.92 Å². The van der Waals surface area contributed by atoms with Gasteiger partial charge in [0.15, 0.2) is 0 Å². The molecule has 2 aliphatic carbocycles. The SMILES string of the molecule is CC(=O)[C@H]1C[C@@H]2C[C@H]1[C@@H](N=C=S)C2. The Morgan fingerprint density at radius 2 is 2.23 bits per heavy atom. The van der Waals surface area contributed by atoms with Gasteiger partial charge in [0, 0.05) is 5.92 Å². The summed E-state index contributed by atoms with van der Waals surface area (Å²) in [5, 5.41) is 2.45. The predicted molar refractivity (Wildman–Crippen MR) is 53.8 cm³/mol. The molecule has 2 nitrogen and oxygen atoms in total. The summed E-state index contributed by atoms with van der Waals surface area (Å²) in [6.45, 7) is 1.70. The fraction of sp³-hybridized carbons (Fsp3) is 0.800. The van der Waals surface area contributed by atoms with Crippen LogP contribution < -0.4 is 0 Å². The van der Waals surface area contributed by atoms with Crippen LogP contribution in [0.4, 0.5) is 0 Å². The lowest BCUT2D eigenvalue weighted by molar-refractivity contribution is -0.122. The first-order chi connectivity index (χ1) is 6.22. The minimum atomic E-state index is 0.260. The predicted octanol–water partition coefficient (Wildman–Crippen LogP) is 2.09. The Bertz CT molecular complexity index is 271. The summed E-state index contributed by atoms with van der Waals surface area (Å²) in [6.07, 6.45) is 3.39. The number of carbonyl (C=O) groups is 1. The summed E-state index contributed by atoms with van der Waals surface area (Å²) in [7, 11) is 0. The minimum absolute atomic E-state index is 0.260.